The summed E-state index contributed by atoms with van der Waals surface area (Å²) in [5.41, 5.74) is 6.47. The van der Waals surface area contributed by atoms with Crippen LogP contribution in [0.15, 0.2) is 24.8 Å². The van der Waals surface area contributed by atoms with E-state index >= 15 is 0 Å². The highest BCUT2D eigenvalue weighted by Gasteiger charge is 2.10. The number of carbonyl (C=O) groups is 1. The van der Waals surface area contributed by atoms with Crippen LogP contribution in [0.2, 0.25) is 0 Å². The molecule has 0 aliphatic rings. The van der Waals surface area contributed by atoms with E-state index in [1.165, 1.54) is 12.1 Å². The highest BCUT2D eigenvalue weighted by molar-refractivity contribution is 5.95. The molecule has 0 saturated carbocycles. The van der Waals surface area contributed by atoms with E-state index < -0.39 is 5.82 Å². The van der Waals surface area contributed by atoms with Crippen LogP contribution < -0.4 is 11.1 Å². The van der Waals surface area contributed by atoms with Gasteiger partial charge in [-0.25, -0.2) is 4.39 Å². The molecule has 1 amide bonds. The van der Waals surface area contributed by atoms with Gasteiger partial charge in [-0.2, -0.15) is 0 Å². The maximum absolute atomic E-state index is 13.3. The van der Waals surface area contributed by atoms with Gasteiger partial charge in [0.1, 0.15) is 5.82 Å². The van der Waals surface area contributed by atoms with Gasteiger partial charge >= 0.3 is 0 Å². The number of anilines is 1. The zero-order valence-electron chi connectivity index (χ0n) is 9.22. The average molecular weight is 222 g/mol. The van der Waals surface area contributed by atoms with Gasteiger partial charge in [0.2, 0.25) is 0 Å². The van der Waals surface area contributed by atoms with Crippen LogP contribution in [-0.2, 0) is 0 Å². The molecule has 0 atom stereocenters. The molecule has 1 rings (SSSR count). The lowest BCUT2D eigenvalue weighted by molar-refractivity contribution is 0.0954. The fourth-order valence-corrected chi connectivity index (χ4v) is 1.22. The zero-order chi connectivity index (χ0) is 12.1. The summed E-state index contributed by atoms with van der Waals surface area (Å²) in [5, 5.41) is 2.64. The molecular weight excluding hydrogens is 207 g/mol. The number of nitrogens with two attached hydrogens (primary N) is 1. The molecule has 0 saturated heterocycles. The van der Waals surface area contributed by atoms with Gasteiger partial charge in [0.25, 0.3) is 5.91 Å². The molecule has 0 fully saturated rings. The fraction of sp³-hybridized carbons (Fsp3) is 0.250. The quantitative estimate of drug-likeness (QED) is 0.465. The molecule has 0 aliphatic heterocycles. The molecule has 3 nitrogen and oxygen atoms in total. The van der Waals surface area contributed by atoms with Crippen molar-refractivity contribution in [3.8, 4) is 0 Å². The van der Waals surface area contributed by atoms with Gasteiger partial charge in [-0.15, -0.1) is 6.58 Å². The average Bonchev–Trinajstić information content (AvgIpc) is 2.25. The van der Waals surface area contributed by atoms with E-state index in [9.17, 15) is 9.18 Å². The Labute approximate surface area is 94.1 Å². The number of carbonyl (C=O) groups excluding carboxylic acids is 1. The van der Waals surface area contributed by atoms with Crippen LogP contribution in [0.25, 0.3) is 0 Å². The van der Waals surface area contributed by atoms with E-state index in [0.717, 1.165) is 0 Å². The van der Waals surface area contributed by atoms with E-state index in [1.54, 1.807) is 13.0 Å². The van der Waals surface area contributed by atoms with Crippen LogP contribution in [0.3, 0.4) is 0 Å². The molecule has 0 spiro atoms. The summed E-state index contributed by atoms with van der Waals surface area (Å²) < 4.78 is 13.3. The molecule has 16 heavy (non-hydrogen) atoms. The molecule has 0 bridgehead atoms. The molecule has 0 aliphatic carbocycles. The zero-order valence-corrected chi connectivity index (χ0v) is 9.22. The highest BCUT2D eigenvalue weighted by atomic mass is 19.1. The van der Waals surface area contributed by atoms with Crippen LogP contribution in [0.4, 0.5) is 10.1 Å². The summed E-state index contributed by atoms with van der Waals surface area (Å²) in [6.45, 7) is 5.60. The van der Waals surface area contributed by atoms with Gasteiger partial charge in [0.15, 0.2) is 0 Å². The minimum absolute atomic E-state index is 0.240. The second-order valence-corrected chi connectivity index (χ2v) is 3.51. The number of benzene rings is 1. The Morgan fingerprint density at radius 1 is 1.62 bits per heavy atom. The number of nitrogen functional groups attached to an aromatic ring is 1. The molecule has 0 aromatic heterocycles. The van der Waals surface area contributed by atoms with Crippen molar-refractivity contribution in [1.82, 2.24) is 5.32 Å². The standard InChI is InChI=1S/C12H15FN2O/c1-3-4-5-15-12(16)9-6-10(13)8(2)11(14)7-9/h3,6-7H,1,4-5,14H2,2H3,(H,15,16). The summed E-state index contributed by atoms with van der Waals surface area (Å²) in [4.78, 5) is 11.6. The molecule has 0 unspecified atom stereocenters. The molecule has 1 aromatic rings. The number of hydrogen-bond acceptors (Lipinski definition) is 2. The van der Waals surface area contributed by atoms with Gasteiger partial charge in [0, 0.05) is 23.4 Å². The summed E-state index contributed by atoms with van der Waals surface area (Å²) in [7, 11) is 0. The Morgan fingerprint density at radius 3 is 2.88 bits per heavy atom. The third kappa shape index (κ3) is 2.82. The lowest BCUT2D eigenvalue weighted by Crippen LogP contribution is -2.24. The van der Waals surface area contributed by atoms with E-state index in [-0.39, 0.29) is 17.2 Å². The van der Waals surface area contributed by atoms with E-state index in [2.05, 4.69) is 11.9 Å². The maximum Gasteiger partial charge on any atom is 0.251 e. The topological polar surface area (TPSA) is 55.1 Å². The molecule has 1 aromatic carbocycles. The Bertz CT molecular complexity index is 392. The number of hydrogen-bond donors (Lipinski definition) is 2. The van der Waals surface area contributed by atoms with Crippen molar-refractivity contribution in [2.75, 3.05) is 12.3 Å². The number of rotatable bonds is 4. The van der Waals surface area contributed by atoms with Crippen molar-refractivity contribution in [2.45, 2.75) is 13.3 Å². The summed E-state index contributed by atoms with van der Waals surface area (Å²) in [6.07, 6.45) is 2.37. The summed E-state index contributed by atoms with van der Waals surface area (Å²) >= 11 is 0. The van der Waals surface area contributed by atoms with Crippen molar-refractivity contribution < 1.29 is 9.18 Å². The van der Waals surface area contributed by atoms with Crippen molar-refractivity contribution >= 4 is 11.6 Å². The van der Waals surface area contributed by atoms with Crippen LogP contribution in [0.1, 0.15) is 22.3 Å². The molecule has 4 heteroatoms. The van der Waals surface area contributed by atoms with Gasteiger partial charge in [-0.3, -0.25) is 4.79 Å². The smallest absolute Gasteiger partial charge is 0.251 e. The Kier molecular flexibility index (Phi) is 4.05. The second kappa shape index (κ2) is 5.30. The fourth-order valence-electron chi connectivity index (χ4n) is 1.22. The minimum atomic E-state index is -0.464. The number of nitrogens with one attached hydrogen (secondary N) is 1. The van der Waals surface area contributed by atoms with Gasteiger partial charge < -0.3 is 11.1 Å². The Balaban J connectivity index is 2.80. The maximum atomic E-state index is 13.3. The van der Waals surface area contributed by atoms with Crippen LogP contribution in [-0.4, -0.2) is 12.5 Å². The predicted octanol–water partition coefficient (Wildman–Crippen LogP) is 2.02. The monoisotopic (exact) mass is 222 g/mol. The van der Waals surface area contributed by atoms with E-state index in [4.69, 9.17) is 5.73 Å². The largest absolute Gasteiger partial charge is 0.398 e. The van der Waals surface area contributed by atoms with Gasteiger partial charge in [-0.05, 0) is 25.5 Å². The van der Waals surface area contributed by atoms with Gasteiger partial charge in [0.05, 0.1) is 0 Å². The number of amides is 1. The first-order valence-corrected chi connectivity index (χ1v) is 5.01. The highest BCUT2D eigenvalue weighted by Crippen LogP contribution is 2.17. The first-order valence-electron chi connectivity index (χ1n) is 5.01. The predicted molar refractivity (Wildman–Crippen MR) is 62.7 cm³/mol. The normalized spacial score (nSPS) is 9.88. The van der Waals surface area contributed by atoms with Crippen molar-refractivity contribution in [3.63, 3.8) is 0 Å². The third-order valence-electron chi connectivity index (χ3n) is 2.28. The first kappa shape index (κ1) is 12.2. The van der Waals surface area contributed by atoms with Crippen LogP contribution >= 0.6 is 0 Å². The first-order chi connectivity index (χ1) is 7.56. The summed E-state index contributed by atoms with van der Waals surface area (Å²) in [5.74, 6) is -0.790. The molecular formula is C12H15FN2O. The molecule has 3 N–H and O–H groups in total. The molecule has 0 heterocycles. The lowest BCUT2D eigenvalue weighted by Gasteiger charge is -2.07. The number of halogens is 1. The SMILES string of the molecule is C=CCCNC(=O)c1cc(N)c(C)c(F)c1. The van der Waals surface area contributed by atoms with Crippen molar-refractivity contribution in [2.24, 2.45) is 0 Å². The van der Waals surface area contributed by atoms with E-state index in [0.29, 0.717) is 18.5 Å². The summed E-state index contributed by atoms with van der Waals surface area (Å²) in [6, 6.07) is 2.66. The van der Waals surface area contributed by atoms with Crippen LogP contribution in [0.5, 0.6) is 0 Å². The van der Waals surface area contributed by atoms with E-state index in [1.807, 2.05) is 0 Å². The van der Waals surface area contributed by atoms with Crippen molar-refractivity contribution in [3.05, 3.63) is 41.7 Å². The lowest BCUT2D eigenvalue weighted by atomic mass is 10.1. The Morgan fingerprint density at radius 2 is 2.31 bits per heavy atom. The Hall–Kier alpha value is -1.84. The molecule has 86 valence electrons. The molecule has 0 radical (unpaired) electrons. The van der Waals surface area contributed by atoms with Crippen molar-refractivity contribution in [1.29, 1.82) is 0 Å². The van der Waals surface area contributed by atoms with Gasteiger partial charge in [-0.1, -0.05) is 6.08 Å². The van der Waals surface area contributed by atoms with Crippen LogP contribution in [0, 0.1) is 12.7 Å². The third-order valence-corrected chi connectivity index (χ3v) is 2.28. The second-order valence-electron chi connectivity index (χ2n) is 3.51. The minimum Gasteiger partial charge on any atom is -0.398 e.